The number of thiazole rings is 1. The Kier molecular flexibility index (Phi) is 4.86. The molecule has 0 aliphatic rings. The van der Waals surface area contributed by atoms with Gasteiger partial charge in [0.25, 0.3) is 0 Å². The summed E-state index contributed by atoms with van der Waals surface area (Å²) >= 11 is 1.47. The molecule has 2 aromatic heterocycles. The fraction of sp³-hybridized carbons (Fsp3) is 0.583. The molecule has 104 valence electrons. The van der Waals surface area contributed by atoms with E-state index in [0.29, 0.717) is 23.3 Å². The van der Waals surface area contributed by atoms with Crippen molar-refractivity contribution in [3.63, 3.8) is 0 Å². The topological polar surface area (TPSA) is 87.1 Å². The van der Waals surface area contributed by atoms with Crippen LogP contribution in [0.15, 0.2) is 9.90 Å². The van der Waals surface area contributed by atoms with Gasteiger partial charge in [-0.15, -0.1) is 11.3 Å². The van der Waals surface area contributed by atoms with Gasteiger partial charge >= 0.3 is 0 Å². The monoisotopic (exact) mass is 282 g/mol. The molecule has 0 amide bonds. The van der Waals surface area contributed by atoms with E-state index in [1.165, 1.54) is 11.3 Å². The molecule has 0 spiro atoms. The first-order valence-corrected chi connectivity index (χ1v) is 7.09. The zero-order valence-electron chi connectivity index (χ0n) is 11.1. The predicted molar refractivity (Wildman–Crippen MR) is 73.0 cm³/mol. The largest absolute Gasteiger partial charge is 0.381 e. The number of rotatable bonds is 7. The molecule has 2 N–H and O–H groups in total. The molecule has 0 aliphatic heterocycles. The van der Waals surface area contributed by atoms with Crippen LogP contribution >= 0.6 is 11.3 Å². The van der Waals surface area contributed by atoms with Crippen molar-refractivity contribution in [2.24, 2.45) is 0 Å². The summed E-state index contributed by atoms with van der Waals surface area (Å²) in [6.45, 7) is 1.97. The molecule has 0 bridgehead atoms. The maximum atomic E-state index is 5.58. The molecule has 1 unspecified atom stereocenters. The molecule has 0 saturated heterocycles. The standard InChI is InChI=1S/C12H18N4O2S/c1-8(17-2)6-10-15-11(18-16-10)5-3-4-9-7-19-12(13)14-9/h7-8H,3-6H2,1-2H3,(H2,13,14). The summed E-state index contributed by atoms with van der Waals surface area (Å²) in [5, 5.41) is 6.53. The average molecular weight is 282 g/mol. The number of hydrogen-bond acceptors (Lipinski definition) is 7. The SMILES string of the molecule is COC(C)Cc1noc(CCCc2csc(N)n2)n1. The van der Waals surface area contributed by atoms with E-state index in [0.717, 1.165) is 25.0 Å². The number of anilines is 1. The van der Waals surface area contributed by atoms with Crippen molar-refractivity contribution in [2.45, 2.75) is 38.7 Å². The van der Waals surface area contributed by atoms with Gasteiger partial charge in [-0.25, -0.2) is 4.98 Å². The Hall–Kier alpha value is -1.47. The molecule has 0 radical (unpaired) electrons. The Morgan fingerprint density at radius 2 is 2.26 bits per heavy atom. The molecule has 6 nitrogen and oxygen atoms in total. The molecular formula is C12H18N4O2S. The summed E-state index contributed by atoms with van der Waals surface area (Å²) in [6.07, 6.45) is 3.32. The van der Waals surface area contributed by atoms with Crippen LogP contribution in [-0.4, -0.2) is 28.3 Å². The lowest BCUT2D eigenvalue weighted by atomic mass is 10.2. The van der Waals surface area contributed by atoms with Crippen LogP contribution in [0.5, 0.6) is 0 Å². The molecule has 0 aliphatic carbocycles. The predicted octanol–water partition coefficient (Wildman–Crippen LogP) is 1.86. The van der Waals surface area contributed by atoms with Crippen LogP contribution in [0.3, 0.4) is 0 Å². The zero-order valence-corrected chi connectivity index (χ0v) is 11.9. The van der Waals surface area contributed by atoms with Gasteiger partial charge in [-0.1, -0.05) is 5.16 Å². The minimum atomic E-state index is 0.100. The second-order valence-corrected chi connectivity index (χ2v) is 5.28. The molecule has 2 rings (SSSR count). The van der Waals surface area contributed by atoms with Crippen molar-refractivity contribution in [3.05, 3.63) is 22.8 Å². The quantitative estimate of drug-likeness (QED) is 0.834. The van der Waals surface area contributed by atoms with Gasteiger partial charge in [0.1, 0.15) is 0 Å². The van der Waals surface area contributed by atoms with Gasteiger partial charge in [0, 0.05) is 25.3 Å². The number of nitrogen functional groups attached to an aromatic ring is 1. The first-order valence-electron chi connectivity index (χ1n) is 6.21. The number of hydrogen-bond donors (Lipinski definition) is 1. The van der Waals surface area contributed by atoms with Crippen molar-refractivity contribution < 1.29 is 9.26 Å². The van der Waals surface area contributed by atoms with Crippen molar-refractivity contribution in [3.8, 4) is 0 Å². The van der Waals surface area contributed by atoms with E-state index in [4.69, 9.17) is 15.0 Å². The van der Waals surface area contributed by atoms with Crippen LogP contribution in [0.25, 0.3) is 0 Å². The molecule has 1 atom stereocenters. The molecule has 19 heavy (non-hydrogen) atoms. The summed E-state index contributed by atoms with van der Waals surface area (Å²) in [7, 11) is 1.67. The van der Waals surface area contributed by atoms with E-state index in [1.54, 1.807) is 7.11 Å². The van der Waals surface area contributed by atoms with Gasteiger partial charge < -0.3 is 15.0 Å². The highest BCUT2D eigenvalue weighted by molar-refractivity contribution is 7.13. The Morgan fingerprint density at radius 3 is 2.95 bits per heavy atom. The van der Waals surface area contributed by atoms with Gasteiger partial charge in [-0.3, -0.25) is 0 Å². The van der Waals surface area contributed by atoms with E-state index in [2.05, 4.69) is 15.1 Å². The number of nitrogens with zero attached hydrogens (tertiary/aromatic N) is 3. The smallest absolute Gasteiger partial charge is 0.226 e. The molecule has 7 heteroatoms. The van der Waals surface area contributed by atoms with E-state index < -0.39 is 0 Å². The van der Waals surface area contributed by atoms with Crippen molar-refractivity contribution in [1.29, 1.82) is 0 Å². The van der Waals surface area contributed by atoms with Gasteiger partial charge in [0.2, 0.25) is 5.89 Å². The lowest BCUT2D eigenvalue weighted by Gasteiger charge is -2.03. The highest BCUT2D eigenvalue weighted by Gasteiger charge is 2.10. The number of nitrogens with two attached hydrogens (primary N) is 1. The molecule has 2 aromatic rings. The van der Waals surface area contributed by atoms with Crippen LogP contribution in [0, 0.1) is 0 Å². The first kappa shape index (κ1) is 14.0. The summed E-state index contributed by atoms with van der Waals surface area (Å²) in [5.41, 5.74) is 6.60. The maximum Gasteiger partial charge on any atom is 0.226 e. The summed E-state index contributed by atoms with van der Waals surface area (Å²) in [5.74, 6) is 1.36. The highest BCUT2D eigenvalue weighted by atomic mass is 32.1. The minimum Gasteiger partial charge on any atom is -0.381 e. The lowest BCUT2D eigenvalue weighted by Crippen LogP contribution is -2.09. The number of aryl methyl sites for hydroxylation is 2. The Labute approximate surface area is 116 Å². The average Bonchev–Trinajstić information content (AvgIpc) is 2.99. The van der Waals surface area contributed by atoms with Gasteiger partial charge in [-0.2, -0.15) is 4.98 Å². The second kappa shape index (κ2) is 6.63. The summed E-state index contributed by atoms with van der Waals surface area (Å²) in [6, 6.07) is 0. The normalized spacial score (nSPS) is 12.7. The van der Waals surface area contributed by atoms with Crippen LogP contribution < -0.4 is 5.73 Å². The molecule has 2 heterocycles. The fourth-order valence-electron chi connectivity index (χ4n) is 1.67. The maximum absolute atomic E-state index is 5.58. The molecular weight excluding hydrogens is 264 g/mol. The van der Waals surface area contributed by atoms with Gasteiger partial charge in [-0.05, 0) is 19.8 Å². The molecule has 0 saturated carbocycles. The van der Waals surface area contributed by atoms with E-state index in [-0.39, 0.29) is 6.10 Å². The van der Waals surface area contributed by atoms with E-state index >= 15 is 0 Å². The number of aromatic nitrogens is 3. The number of ether oxygens (including phenoxy) is 1. The van der Waals surface area contributed by atoms with Gasteiger partial charge in [0.05, 0.1) is 11.8 Å². The van der Waals surface area contributed by atoms with Crippen molar-refractivity contribution in [2.75, 3.05) is 12.8 Å². The minimum absolute atomic E-state index is 0.100. The fourth-order valence-corrected chi connectivity index (χ4v) is 2.27. The third-order valence-electron chi connectivity index (χ3n) is 2.78. The lowest BCUT2D eigenvalue weighted by molar-refractivity contribution is 0.116. The van der Waals surface area contributed by atoms with Crippen LogP contribution in [-0.2, 0) is 24.0 Å². The zero-order chi connectivity index (χ0) is 13.7. The Balaban J connectivity index is 1.77. The Bertz CT molecular complexity index is 511. The van der Waals surface area contributed by atoms with Crippen LogP contribution in [0.1, 0.15) is 30.8 Å². The third-order valence-corrected chi connectivity index (χ3v) is 3.50. The van der Waals surface area contributed by atoms with Crippen molar-refractivity contribution in [1.82, 2.24) is 15.1 Å². The van der Waals surface area contributed by atoms with E-state index in [9.17, 15) is 0 Å². The summed E-state index contributed by atoms with van der Waals surface area (Å²) in [4.78, 5) is 8.54. The first-order chi connectivity index (χ1) is 9.17. The third kappa shape index (κ3) is 4.29. The van der Waals surface area contributed by atoms with Crippen LogP contribution in [0.2, 0.25) is 0 Å². The van der Waals surface area contributed by atoms with Gasteiger partial charge in [0.15, 0.2) is 11.0 Å². The Morgan fingerprint density at radius 1 is 1.42 bits per heavy atom. The molecule has 0 fully saturated rings. The second-order valence-electron chi connectivity index (χ2n) is 4.39. The summed E-state index contributed by atoms with van der Waals surface area (Å²) < 4.78 is 10.4. The van der Waals surface area contributed by atoms with E-state index in [1.807, 2.05) is 12.3 Å². The number of methoxy groups -OCH3 is 1. The highest BCUT2D eigenvalue weighted by Crippen LogP contribution is 2.13. The van der Waals surface area contributed by atoms with Crippen LogP contribution in [0.4, 0.5) is 5.13 Å². The molecule has 0 aromatic carbocycles. The van der Waals surface area contributed by atoms with Crippen molar-refractivity contribution >= 4 is 16.5 Å².